The lowest BCUT2D eigenvalue weighted by atomic mass is 10.1. The number of halogens is 1. The van der Waals surface area contributed by atoms with Crippen LogP contribution in [0.25, 0.3) is 0 Å². The summed E-state index contributed by atoms with van der Waals surface area (Å²) in [6.07, 6.45) is 0.427. The smallest absolute Gasteiger partial charge is 0.272 e. The fourth-order valence-electron chi connectivity index (χ4n) is 1.90. The standard InChI is InChI=1S/C16H17ClN4O2/c1-3-15(22)19-12-6-4-11(5-7-12)10(2)18-16(23)13-8-9-14(17)21-20-13/h4-10H,3H2,1-2H3,(H,18,23)(H,19,22)/t10-/m1/s1. The first-order valence-corrected chi connectivity index (χ1v) is 7.57. The zero-order valence-electron chi connectivity index (χ0n) is 12.8. The highest BCUT2D eigenvalue weighted by Crippen LogP contribution is 2.16. The Bertz CT molecular complexity index is 686. The molecular weight excluding hydrogens is 316 g/mol. The quantitative estimate of drug-likeness (QED) is 0.881. The maximum atomic E-state index is 12.1. The molecule has 1 aromatic heterocycles. The third-order valence-electron chi connectivity index (χ3n) is 3.23. The van der Waals surface area contributed by atoms with Crippen LogP contribution < -0.4 is 10.6 Å². The maximum absolute atomic E-state index is 12.1. The van der Waals surface area contributed by atoms with Crippen molar-refractivity contribution in [3.05, 3.63) is 52.8 Å². The molecule has 1 atom stereocenters. The third-order valence-corrected chi connectivity index (χ3v) is 3.43. The second-order valence-electron chi connectivity index (χ2n) is 4.96. The Hall–Kier alpha value is -2.47. The number of nitrogens with zero attached hydrogens (tertiary/aromatic N) is 2. The first-order chi connectivity index (χ1) is 11.0. The summed E-state index contributed by atoms with van der Waals surface area (Å²) in [4.78, 5) is 23.4. The van der Waals surface area contributed by atoms with E-state index in [2.05, 4.69) is 20.8 Å². The van der Waals surface area contributed by atoms with Crippen LogP contribution in [0, 0.1) is 0 Å². The summed E-state index contributed by atoms with van der Waals surface area (Å²) in [6, 6.07) is 10.1. The molecule has 2 rings (SSSR count). The number of hydrogen-bond donors (Lipinski definition) is 2. The van der Waals surface area contributed by atoms with E-state index in [4.69, 9.17) is 11.6 Å². The zero-order chi connectivity index (χ0) is 16.8. The van der Waals surface area contributed by atoms with Crippen molar-refractivity contribution in [3.8, 4) is 0 Å². The molecule has 6 nitrogen and oxygen atoms in total. The van der Waals surface area contributed by atoms with Gasteiger partial charge in [0, 0.05) is 12.1 Å². The molecule has 2 N–H and O–H groups in total. The van der Waals surface area contributed by atoms with Crippen molar-refractivity contribution < 1.29 is 9.59 Å². The van der Waals surface area contributed by atoms with Gasteiger partial charge < -0.3 is 10.6 Å². The van der Waals surface area contributed by atoms with E-state index in [1.54, 1.807) is 19.1 Å². The van der Waals surface area contributed by atoms with Crippen LogP contribution in [-0.4, -0.2) is 22.0 Å². The highest BCUT2D eigenvalue weighted by Gasteiger charge is 2.13. The third kappa shape index (κ3) is 4.75. The number of hydrogen-bond acceptors (Lipinski definition) is 4. The van der Waals surface area contributed by atoms with Crippen molar-refractivity contribution in [2.24, 2.45) is 0 Å². The Morgan fingerprint density at radius 3 is 2.39 bits per heavy atom. The number of rotatable bonds is 5. The average Bonchev–Trinajstić information content (AvgIpc) is 2.55. The lowest BCUT2D eigenvalue weighted by Crippen LogP contribution is -2.27. The van der Waals surface area contributed by atoms with Crippen molar-refractivity contribution >= 4 is 29.1 Å². The zero-order valence-corrected chi connectivity index (χ0v) is 13.6. The first-order valence-electron chi connectivity index (χ1n) is 7.19. The monoisotopic (exact) mass is 332 g/mol. The van der Waals surface area contributed by atoms with Gasteiger partial charge in [0.2, 0.25) is 5.91 Å². The molecule has 2 aromatic rings. The highest BCUT2D eigenvalue weighted by molar-refractivity contribution is 6.29. The molecule has 7 heteroatoms. The van der Waals surface area contributed by atoms with Crippen LogP contribution in [0.1, 0.15) is 42.4 Å². The molecule has 0 saturated heterocycles. The second-order valence-corrected chi connectivity index (χ2v) is 5.35. The van der Waals surface area contributed by atoms with Crippen molar-refractivity contribution in [2.45, 2.75) is 26.3 Å². The van der Waals surface area contributed by atoms with Crippen molar-refractivity contribution in [3.63, 3.8) is 0 Å². The Kier molecular flexibility index (Phi) is 5.65. The van der Waals surface area contributed by atoms with Crippen LogP contribution in [0.15, 0.2) is 36.4 Å². The van der Waals surface area contributed by atoms with Gasteiger partial charge in [-0.2, -0.15) is 0 Å². The summed E-state index contributed by atoms with van der Waals surface area (Å²) in [6.45, 7) is 3.65. The van der Waals surface area contributed by atoms with Crippen molar-refractivity contribution in [1.29, 1.82) is 0 Å². The normalized spacial score (nSPS) is 11.6. The SMILES string of the molecule is CCC(=O)Nc1ccc([C@@H](C)NC(=O)c2ccc(Cl)nn2)cc1. The molecule has 120 valence electrons. The molecule has 0 fully saturated rings. The van der Waals surface area contributed by atoms with Gasteiger partial charge in [0.1, 0.15) is 0 Å². The fourth-order valence-corrected chi connectivity index (χ4v) is 2.00. The van der Waals surface area contributed by atoms with Crippen LogP contribution >= 0.6 is 11.6 Å². The Morgan fingerprint density at radius 2 is 1.83 bits per heavy atom. The summed E-state index contributed by atoms with van der Waals surface area (Å²) in [5.41, 5.74) is 1.84. The fraction of sp³-hybridized carbons (Fsp3) is 0.250. The van der Waals surface area contributed by atoms with Crippen LogP contribution in [0.5, 0.6) is 0 Å². The van der Waals surface area contributed by atoms with E-state index in [-0.39, 0.29) is 28.7 Å². The van der Waals surface area contributed by atoms with Crippen molar-refractivity contribution in [1.82, 2.24) is 15.5 Å². The molecule has 1 aromatic carbocycles. The van der Waals surface area contributed by atoms with E-state index in [0.29, 0.717) is 6.42 Å². The van der Waals surface area contributed by atoms with Gasteiger partial charge in [-0.1, -0.05) is 30.7 Å². The van der Waals surface area contributed by atoms with Gasteiger partial charge in [0.15, 0.2) is 10.8 Å². The number of amides is 2. The molecule has 0 aliphatic heterocycles. The Labute approximate surface area is 139 Å². The molecule has 2 amide bonds. The number of carbonyl (C=O) groups excluding carboxylic acids is 2. The molecule has 0 bridgehead atoms. The van der Waals surface area contributed by atoms with Crippen LogP contribution in [0.3, 0.4) is 0 Å². The molecule has 0 aliphatic carbocycles. The van der Waals surface area contributed by atoms with Gasteiger partial charge in [-0.15, -0.1) is 10.2 Å². The van der Waals surface area contributed by atoms with E-state index in [1.807, 2.05) is 19.1 Å². The minimum Gasteiger partial charge on any atom is -0.344 e. The maximum Gasteiger partial charge on any atom is 0.272 e. The summed E-state index contributed by atoms with van der Waals surface area (Å²) < 4.78 is 0. The van der Waals surface area contributed by atoms with Crippen LogP contribution in [0.4, 0.5) is 5.69 Å². The number of carbonyl (C=O) groups is 2. The van der Waals surface area contributed by atoms with E-state index in [0.717, 1.165) is 11.3 Å². The number of aromatic nitrogens is 2. The van der Waals surface area contributed by atoms with Crippen LogP contribution in [-0.2, 0) is 4.79 Å². The summed E-state index contributed by atoms with van der Waals surface area (Å²) in [5.74, 6) is -0.370. The van der Waals surface area contributed by atoms with Gasteiger partial charge in [-0.25, -0.2) is 0 Å². The molecule has 0 unspecified atom stereocenters. The Balaban J connectivity index is 1.99. The van der Waals surface area contributed by atoms with Crippen LogP contribution in [0.2, 0.25) is 5.15 Å². The molecule has 0 radical (unpaired) electrons. The van der Waals surface area contributed by atoms with E-state index in [9.17, 15) is 9.59 Å². The first kappa shape index (κ1) is 16.9. The predicted octanol–water partition coefficient (Wildman–Crippen LogP) is 2.97. The van der Waals surface area contributed by atoms with E-state index >= 15 is 0 Å². The molecule has 0 spiro atoms. The van der Waals surface area contributed by atoms with E-state index in [1.165, 1.54) is 12.1 Å². The average molecular weight is 333 g/mol. The van der Waals surface area contributed by atoms with Gasteiger partial charge in [-0.05, 0) is 36.8 Å². The topological polar surface area (TPSA) is 84.0 Å². The molecule has 1 heterocycles. The molecular formula is C16H17ClN4O2. The van der Waals surface area contributed by atoms with Gasteiger partial charge in [0.25, 0.3) is 5.91 Å². The minimum absolute atomic E-state index is 0.0413. The van der Waals surface area contributed by atoms with E-state index < -0.39 is 0 Å². The second kappa shape index (κ2) is 7.69. The van der Waals surface area contributed by atoms with Gasteiger partial charge in [-0.3, -0.25) is 9.59 Å². The number of nitrogens with one attached hydrogen (secondary N) is 2. The number of benzene rings is 1. The largest absolute Gasteiger partial charge is 0.344 e. The van der Waals surface area contributed by atoms with Gasteiger partial charge in [0.05, 0.1) is 6.04 Å². The summed E-state index contributed by atoms with van der Waals surface area (Å²) in [7, 11) is 0. The molecule has 23 heavy (non-hydrogen) atoms. The molecule has 0 saturated carbocycles. The van der Waals surface area contributed by atoms with Crippen molar-refractivity contribution in [2.75, 3.05) is 5.32 Å². The summed E-state index contributed by atoms with van der Waals surface area (Å²) in [5, 5.41) is 13.2. The van der Waals surface area contributed by atoms with Gasteiger partial charge >= 0.3 is 0 Å². The lowest BCUT2D eigenvalue weighted by Gasteiger charge is -2.14. The highest BCUT2D eigenvalue weighted by atomic mass is 35.5. The summed E-state index contributed by atoms with van der Waals surface area (Å²) >= 11 is 5.64. The minimum atomic E-state index is -0.329. The molecule has 0 aliphatic rings. The predicted molar refractivity (Wildman–Crippen MR) is 88.3 cm³/mol. The number of anilines is 1. The lowest BCUT2D eigenvalue weighted by molar-refractivity contribution is -0.115. The Morgan fingerprint density at radius 1 is 1.13 bits per heavy atom.